The molecule has 0 rings (SSSR count). The predicted molar refractivity (Wildman–Crippen MR) is 131 cm³/mol. The summed E-state index contributed by atoms with van der Waals surface area (Å²) in [6, 6.07) is -1.02. The lowest BCUT2D eigenvalue weighted by molar-refractivity contribution is -0.144. The van der Waals surface area contributed by atoms with Gasteiger partial charge in [0.2, 0.25) is 11.8 Å². The fourth-order valence-electron chi connectivity index (χ4n) is 2.55. The zero-order chi connectivity index (χ0) is 28.8. The van der Waals surface area contributed by atoms with Gasteiger partial charge in [-0.15, -0.1) is 0 Å². The van der Waals surface area contributed by atoms with E-state index in [1.54, 1.807) is 20.8 Å². The highest BCUT2D eigenvalue weighted by Crippen LogP contribution is 2.08. The van der Waals surface area contributed by atoms with Crippen molar-refractivity contribution in [3.05, 3.63) is 0 Å². The molecule has 3 amide bonds. The number of ether oxygens (including phenoxy) is 6. The van der Waals surface area contributed by atoms with E-state index < -0.39 is 29.7 Å². The molecule has 0 saturated heterocycles. The highest BCUT2D eigenvalue weighted by atomic mass is 16.6. The molecule has 0 aliphatic heterocycles. The third-order valence-corrected chi connectivity index (χ3v) is 4.18. The molecule has 0 aliphatic carbocycles. The van der Waals surface area contributed by atoms with Crippen molar-refractivity contribution in [3.8, 4) is 0 Å². The molecule has 0 aromatic heterocycles. The van der Waals surface area contributed by atoms with Crippen LogP contribution in [0.5, 0.6) is 0 Å². The Labute approximate surface area is 222 Å². The fraction of sp³-hybridized carbons (Fsp3) is 0.783. The number of carbonyl (C=O) groups excluding carboxylic acids is 4. The molecule has 220 valence electrons. The third-order valence-electron chi connectivity index (χ3n) is 4.18. The van der Waals surface area contributed by atoms with Crippen LogP contribution >= 0.6 is 0 Å². The Hall–Kier alpha value is -3.01. The van der Waals surface area contributed by atoms with Gasteiger partial charge in [0.15, 0.2) is 0 Å². The van der Waals surface area contributed by atoms with E-state index in [1.807, 2.05) is 0 Å². The number of methoxy groups -OCH3 is 1. The van der Waals surface area contributed by atoms with Gasteiger partial charge in [-0.25, -0.2) is 14.4 Å². The third kappa shape index (κ3) is 22.2. The molecule has 15 nitrogen and oxygen atoms in total. The van der Waals surface area contributed by atoms with Crippen LogP contribution in [-0.2, 0) is 47.6 Å². The second-order valence-electron chi connectivity index (χ2n) is 8.68. The lowest BCUT2D eigenvalue weighted by Crippen LogP contribution is -2.44. The topological polar surface area (TPSA) is 197 Å². The molecule has 38 heavy (non-hydrogen) atoms. The van der Waals surface area contributed by atoms with Crippen LogP contribution in [0.15, 0.2) is 0 Å². The van der Waals surface area contributed by atoms with Crippen molar-refractivity contribution in [2.24, 2.45) is 0 Å². The number of carboxylic acid groups (broad SMARTS) is 1. The number of aliphatic carboxylic acids is 1. The summed E-state index contributed by atoms with van der Waals surface area (Å²) in [7, 11) is 1.18. The fourth-order valence-corrected chi connectivity index (χ4v) is 2.55. The molecule has 0 fully saturated rings. The molecule has 1 atom stereocenters. The van der Waals surface area contributed by atoms with Crippen molar-refractivity contribution in [2.45, 2.75) is 45.3 Å². The summed E-state index contributed by atoms with van der Waals surface area (Å²) in [5.41, 5.74) is -0.737. The smallest absolute Gasteiger partial charge is 0.408 e. The van der Waals surface area contributed by atoms with Gasteiger partial charge in [0.25, 0.3) is 0 Å². The summed E-state index contributed by atoms with van der Waals surface area (Å²) in [6.07, 6.45) is -0.785. The number of nitrogens with one attached hydrogen (secondary N) is 3. The van der Waals surface area contributed by atoms with E-state index in [4.69, 9.17) is 28.8 Å². The molecular formula is C23H41N3O12. The lowest BCUT2D eigenvalue weighted by Gasteiger charge is -2.22. The number of carbonyl (C=O) groups is 5. The van der Waals surface area contributed by atoms with Crippen molar-refractivity contribution in [2.75, 3.05) is 73.1 Å². The normalized spacial score (nSPS) is 11.8. The highest BCUT2D eigenvalue weighted by Gasteiger charge is 2.25. The Balaban J connectivity index is 3.78. The highest BCUT2D eigenvalue weighted by molar-refractivity contribution is 5.83. The van der Waals surface area contributed by atoms with Crippen LogP contribution in [-0.4, -0.2) is 120 Å². The van der Waals surface area contributed by atoms with Gasteiger partial charge in [0, 0.05) is 19.5 Å². The maximum Gasteiger partial charge on any atom is 0.408 e. The molecule has 0 aromatic carbocycles. The zero-order valence-corrected chi connectivity index (χ0v) is 22.5. The van der Waals surface area contributed by atoms with E-state index in [-0.39, 0.29) is 90.6 Å². The molecular weight excluding hydrogens is 510 g/mol. The molecule has 0 radical (unpaired) electrons. The standard InChI is InChI=1S/C23H41N3O12/c1-23(2,3)38-22(32)26-17(21(31)33-4)5-6-18(27)24-7-9-34-11-13-36-15-19(28)25-8-10-35-12-14-37-16-20(29)30/h17H,5-16H2,1-4H3,(H,24,27)(H,25,28)(H,26,32)(H,29,30)/t17-/m0/s1. The average molecular weight is 552 g/mol. The molecule has 0 bridgehead atoms. The monoisotopic (exact) mass is 551 g/mol. The minimum atomic E-state index is -1.05. The summed E-state index contributed by atoms with van der Waals surface area (Å²) >= 11 is 0. The van der Waals surface area contributed by atoms with Crippen molar-refractivity contribution >= 4 is 29.8 Å². The average Bonchev–Trinajstić information content (AvgIpc) is 2.83. The maximum atomic E-state index is 12.0. The second kappa shape index (κ2) is 21.0. The molecule has 0 spiro atoms. The Morgan fingerprint density at radius 1 is 0.763 bits per heavy atom. The lowest BCUT2D eigenvalue weighted by atomic mass is 10.1. The molecule has 0 aromatic rings. The van der Waals surface area contributed by atoms with Crippen molar-refractivity contribution in [3.63, 3.8) is 0 Å². The number of rotatable bonds is 21. The van der Waals surface area contributed by atoms with E-state index in [2.05, 4.69) is 20.7 Å². The molecule has 0 aliphatic rings. The first-order valence-electron chi connectivity index (χ1n) is 12.1. The predicted octanol–water partition coefficient (Wildman–Crippen LogP) is -0.784. The second-order valence-corrected chi connectivity index (χ2v) is 8.68. The number of esters is 1. The van der Waals surface area contributed by atoms with Crippen LogP contribution < -0.4 is 16.0 Å². The van der Waals surface area contributed by atoms with Crippen LogP contribution in [0.2, 0.25) is 0 Å². The first kappa shape index (κ1) is 35.0. The summed E-state index contributed by atoms with van der Waals surface area (Å²) < 4.78 is 30.2. The Morgan fingerprint density at radius 3 is 1.82 bits per heavy atom. The van der Waals surface area contributed by atoms with Gasteiger partial charge >= 0.3 is 18.0 Å². The number of alkyl carbamates (subject to hydrolysis) is 1. The summed E-state index contributed by atoms with van der Waals surface area (Å²) in [5, 5.41) is 16.0. The van der Waals surface area contributed by atoms with Crippen molar-refractivity contribution < 1.29 is 57.5 Å². The number of carboxylic acids is 1. The van der Waals surface area contributed by atoms with Gasteiger partial charge in [-0.2, -0.15) is 0 Å². The quantitative estimate of drug-likeness (QED) is 0.103. The van der Waals surface area contributed by atoms with Gasteiger partial charge in [0.05, 0.1) is 46.8 Å². The van der Waals surface area contributed by atoms with E-state index in [1.165, 1.54) is 7.11 Å². The van der Waals surface area contributed by atoms with Crippen LogP contribution in [0.1, 0.15) is 33.6 Å². The summed E-state index contributed by atoms with van der Waals surface area (Å²) in [5.74, 6) is -2.40. The number of amides is 3. The van der Waals surface area contributed by atoms with Gasteiger partial charge in [-0.3, -0.25) is 9.59 Å². The van der Waals surface area contributed by atoms with Gasteiger partial charge in [-0.1, -0.05) is 0 Å². The van der Waals surface area contributed by atoms with Crippen molar-refractivity contribution in [1.29, 1.82) is 0 Å². The minimum Gasteiger partial charge on any atom is -0.480 e. The molecule has 4 N–H and O–H groups in total. The van der Waals surface area contributed by atoms with Crippen LogP contribution in [0, 0.1) is 0 Å². The molecule has 0 heterocycles. The minimum absolute atomic E-state index is 0.0296. The number of hydrogen-bond donors (Lipinski definition) is 4. The zero-order valence-electron chi connectivity index (χ0n) is 22.5. The van der Waals surface area contributed by atoms with Crippen molar-refractivity contribution in [1.82, 2.24) is 16.0 Å². The van der Waals surface area contributed by atoms with E-state index in [9.17, 15) is 24.0 Å². The number of hydrogen-bond acceptors (Lipinski definition) is 11. The SMILES string of the molecule is COC(=O)[C@H](CCC(=O)NCCOCCOCC(=O)NCCOCCOCC(=O)O)NC(=O)OC(C)(C)C. The molecule has 0 saturated carbocycles. The summed E-state index contributed by atoms with van der Waals surface area (Å²) in [4.78, 5) is 57.7. The first-order chi connectivity index (χ1) is 17.9. The largest absolute Gasteiger partial charge is 0.480 e. The maximum absolute atomic E-state index is 12.0. The summed E-state index contributed by atoms with van der Waals surface area (Å²) in [6.45, 7) is 6.24. The van der Waals surface area contributed by atoms with Gasteiger partial charge < -0.3 is 49.5 Å². The van der Waals surface area contributed by atoms with Crippen LogP contribution in [0.25, 0.3) is 0 Å². The Morgan fingerprint density at radius 2 is 1.29 bits per heavy atom. The van der Waals surface area contributed by atoms with E-state index >= 15 is 0 Å². The molecule has 15 heteroatoms. The van der Waals surface area contributed by atoms with Crippen LogP contribution in [0.3, 0.4) is 0 Å². The Kier molecular flexibility index (Phi) is 19.3. The van der Waals surface area contributed by atoms with Gasteiger partial charge in [0.1, 0.15) is 24.9 Å². The van der Waals surface area contributed by atoms with Gasteiger partial charge in [-0.05, 0) is 27.2 Å². The van der Waals surface area contributed by atoms with Crippen LogP contribution in [0.4, 0.5) is 4.79 Å². The Bertz CT molecular complexity index is 727. The van der Waals surface area contributed by atoms with E-state index in [0.29, 0.717) is 0 Å². The molecule has 0 unspecified atom stereocenters. The van der Waals surface area contributed by atoms with E-state index in [0.717, 1.165) is 0 Å². The first-order valence-corrected chi connectivity index (χ1v) is 12.1.